The van der Waals surface area contributed by atoms with Crippen molar-refractivity contribution in [3.05, 3.63) is 69.5 Å². The van der Waals surface area contributed by atoms with Gasteiger partial charge in [-0.3, -0.25) is 9.59 Å². The van der Waals surface area contributed by atoms with E-state index in [4.69, 9.17) is 9.63 Å². The van der Waals surface area contributed by atoms with Gasteiger partial charge in [0, 0.05) is 36.4 Å². The summed E-state index contributed by atoms with van der Waals surface area (Å²) in [6, 6.07) is 8.75. The Hall–Kier alpha value is -3.26. The highest BCUT2D eigenvalue weighted by Gasteiger charge is 2.25. The molecule has 2 N–H and O–H groups in total. The van der Waals surface area contributed by atoms with E-state index in [1.165, 1.54) is 16.8 Å². The standard InChI is InChI=1S/C21H22N4O4/c1-2-18-23-20(24-29-18)14-3-5-16-13(11-14)4-6-17(16)22-21(28)15-7-8-25(9-10-26)19(27)12-15/h3,5,7-8,11-12,17,26H,2,4,6,9-10H2,1H3,(H,22,28)/t17-/m1/s1. The van der Waals surface area contributed by atoms with Crippen LogP contribution >= 0.6 is 0 Å². The van der Waals surface area contributed by atoms with E-state index in [1.54, 1.807) is 6.07 Å². The van der Waals surface area contributed by atoms with Gasteiger partial charge in [0.25, 0.3) is 11.5 Å². The normalized spacial score (nSPS) is 15.3. The van der Waals surface area contributed by atoms with Crippen LogP contribution in [0.25, 0.3) is 11.4 Å². The summed E-state index contributed by atoms with van der Waals surface area (Å²) >= 11 is 0. The van der Waals surface area contributed by atoms with Gasteiger partial charge in [0.05, 0.1) is 12.6 Å². The topological polar surface area (TPSA) is 110 Å². The number of carbonyl (C=O) groups is 1. The van der Waals surface area contributed by atoms with E-state index in [0.29, 0.717) is 23.7 Å². The molecule has 1 aromatic carbocycles. The minimum atomic E-state index is -0.310. The van der Waals surface area contributed by atoms with Crippen LogP contribution in [0.2, 0.25) is 0 Å². The predicted molar refractivity (Wildman–Crippen MR) is 105 cm³/mol. The molecule has 1 aliphatic rings. The third-order valence-electron chi connectivity index (χ3n) is 5.15. The number of pyridine rings is 1. The van der Waals surface area contributed by atoms with Crippen LogP contribution in [0.15, 0.2) is 45.8 Å². The number of hydrogen-bond donors (Lipinski definition) is 2. The number of amides is 1. The summed E-state index contributed by atoms with van der Waals surface area (Å²) in [5.41, 5.74) is 3.11. The summed E-state index contributed by atoms with van der Waals surface area (Å²) in [6.07, 6.45) is 3.84. The fraction of sp³-hybridized carbons (Fsp3) is 0.333. The molecule has 0 spiro atoms. The maximum Gasteiger partial charge on any atom is 0.252 e. The van der Waals surface area contributed by atoms with Crippen LogP contribution in [0.5, 0.6) is 0 Å². The molecule has 8 heteroatoms. The molecule has 8 nitrogen and oxygen atoms in total. The summed E-state index contributed by atoms with van der Waals surface area (Å²) in [5, 5.41) is 16.0. The Kier molecular flexibility index (Phi) is 5.26. The second-order valence-corrected chi connectivity index (χ2v) is 7.01. The quantitative estimate of drug-likeness (QED) is 0.660. The number of carbonyl (C=O) groups excluding carboxylic acids is 1. The minimum absolute atomic E-state index is 0.108. The Labute approximate surface area is 167 Å². The fourth-order valence-electron chi connectivity index (χ4n) is 3.61. The van der Waals surface area contributed by atoms with Crippen LogP contribution in [0, 0.1) is 0 Å². The van der Waals surface area contributed by atoms with Crippen LogP contribution in [-0.2, 0) is 19.4 Å². The number of hydrogen-bond acceptors (Lipinski definition) is 6. The van der Waals surface area contributed by atoms with E-state index < -0.39 is 0 Å². The fourth-order valence-corrected chi connectivity index (χ4v) is 3.61. The number of nitrogens with one attached hydrogen (secondary N) is 1. The summed E-state index contributed by atoms with van der Waals surface area (Å²) in [4.78, 5) is 29.0. The number of aliphatic hydroxyl groups excluding tert-OH is 1. The number of aliphatic hydroxyl groups is 1. The van der Waals surface area contributed by atoms with Gasteiger partial charge in [-0.1, -0.05) is 24.2 Å². The summed E-state index contributed by atoms with van der Waals surface area (Å²) < 4.78 is 6.55. The maximum absolute atomic E-state index is 12.6. The molecule has 1 aliphatic carbocycles. The van der Waals surface area contributed by atoms with Gasteiger partial charge in [-0.05, 0) is 36.1 Å². The number of benzene rings is 1. The first-order valence-electron chi connectivity index (χ1n) is 9.67. The van der Waals surface area contributed by atoms with E-state index in [2.05, 4.69) is 15.5 Å². The molecule has 0 bridgehead atoms. The molecule has 3 aromatic rings. The zero-order chi connectivity index (χ0) is 20.4. The highest BCUT2D eigenvalue weighted by Crippen LogP contribution is 2.33. The van der Waals surface area contributed by atoms with Crippen molar-refractivity contribution in [3.63, 3.8) is 0 Å². The van der Waals surface area contributed by atoms with E-state index in [-0.39, 0.29) is 30.7 Å². The van der Waals surface area contributed by atoms with Gasteiger partial charge in [-0.15, -0.1) is 0 Å². The first-order valence-corrected chi connectivity index (χ1v) is 9.67. The smallest absolute Gasteiger partial charge is 0.252 e. The summed E-state index contributed by atoms with van der Waals surface area (Å²) in [7, 11) is 0. The Morgan fingerprint density at radius 3 is 2.93 bits per heavy atom. The van der Waals surface area contributed by atoms with Gasteiger partial charge in [0.1, 0.15) is 0 Å². The average Bonchev–Trinajstić information content (AvgIpc) is 3.36. The molecule has 1 atom stereocenters. The van der Waals surface area contributed by atoms with Crippen LogP contribution in [0.4, 0.5) is 0 Å². The molecule has 2 heterocycles. The maximum atomic E-state index is 12.6. The highest BCUT2D eigenvalue weighted by molar-refractivity contribution is 5.94. The van der Waals surface area contributed by atoms with Gasteiger partial charge in [-0.25, -0.2) is 0 Å². The second kappa shape index (κ2) is 8.00. The van der Waals surface area contributed by atoms with E-state index in [1.807, 2.05) is 25.1 Å². The molecule has 1 amide bonds. The van der Waals surface area contributed by atoms with Crippen LogP contribution in [-0.4, -0.2) is 32.3 Å². The van der Waals surface area contributed by atoms with Gasteiger partial charge < -0.3 is 19.5 Å². The number of aromatic nitrogens is 3. The van der Waals surface area contributed by atoms with E-state index in [9.17, 15) is 9.59 Å². The second-order valence-electron chi connectivity index (χ2n) is 7.01. The lowest BCUT2D eigenvalue weighted by atomic mass is 10.0. The largest absolute Gasteiger partial charge is 0.395 e. The number of rotatable bonds is 6. The third kappa shape index (κ3) is 3.84. The van der Waals surface area contributed by atoms with E-state index in [0.717, 1.165) is 29.5 Å². The molecular weight excluding hydrogens is 372 g/mol. The number of aryl methyl sites for hydroxylation is 2. The number of nitrogens with zero attached hydrogens (tertiary/aromatic N) is 3. The van der Waals surface area contributed by atoms with Crippen molar-refractivity contribution in [2.45, 2.75) is 38.8 Å². The molecule has 29 heavy (non-hydrogen) atoms. The number of fused-ring (bicyclic) bond motifs is 1. The minimum Gasteiger partial charge on any atom is -0.395 e. The first-order chi connectivity index (χ1) is 14.1. The molecule has 0 saturated heterocycles. The van der Waals surface area contributed by atoms with Crippen molar-refractivity contribution in [2.75, 3.05) is 6.61 Å². The lowest BCUT2D eigenvalue weighted by Crippen LogP contribution is -2.29. The molecule has 0 radical (unpaired) electrons. The predicted octanol–water partition coefficient (Wildman–Crippen LogP) is 1.87. The molecule has 150 valence electrons. The first kappa shape index (κ1) is 19.1. The molecule has 0 fully saturated rings. The molecular formula is C21H22N4O4. The van der Waals surface area contributed by atoms with Gasteiger partial charge in [0.2, 0.25) is 11.7 Å². The molecule has 0 saturated carbocycles. The highest BCUT2D eigenvalue weighted by atomic mass is 16.5. The van der Waals surface area contributed by atoms with E-state index >= 15 is 0 Å². The lowest BCUT2D eigenvalue weighted by Gasteiger charge is -2.15. The van der Waals surface area contributed by atoms with Gasteiger partial charge in [0.15, 0.2) is 0 Å². The van der Waals surface area contributed by atoms with Crippen molar-refractivity contribution in [3.8, 4) is 11.4 Å². The Bertz CT molecular complexity index is 1100. The Morgan fingerprint density at radius 1 is 1.34 bits per heavy atom. The summed E-state index contributed by atoms with van der Waals surface area (Å²) in [5.74, 6) is 0.887. The molecule has 0 unspecified atom stereocenters. The van der Waals surface area contributed by atoms with Crippen molar-refractivity contribution >= 4 is 5.91 Å². The Morgan fingerprint density at radius 2 is 2.21 bits per heavy atom. The summed E-state index contributed by atoms with van der Waals surface area (Å²) in [6.45, 7) is 2.04. The van der Waals surface area contributed by atoms with Crippen molar-refractivity contribution in [1.82, 2.24) is 20.0 Å². The zero-order valence-corrected chi connectivity index (χ0v) is 16.1. The SMILES string of the molecule is CCc1nc(-c2ccc3c(c2)CC[C@H]3NC(=O)c2ccn(CCO)c(=O)c2)no1. The van der Waals surface area contributed by atoms with Crippen LogP contribution < -0.4 is 10.9 Å². The Balaban J connectivity index is 1.50. The van der Waals surface area contributed by atoms with Crippen LogP contribution in [0.1, 0.15) is 46.8 Å². The monoisotopic (exact) mass is 394 g/mol. The van der Waals surface area contributed by atoms with Gasteiger partial charge in [-0.2, -0.15) is 4.98 Å². The zero-order valence-electron chi connectivity index (χ0n) is 16.1. The van der Waals surface area contributed by atoms with Crippen LogP contribution in [0.3, 0.4) is 0 Å². The van der Waals surface area contributed by atoms with Gasteiger partial charge >= 0.3 is 0 Å². The van der Waals surface area contributed by atoms with Crippen molar-refractivity contribution in [2.24, 2.45) is 0 Å². The molecule has 0 aliphatic heterocycles. The third-order valence-corrected chi connectivity index (χ3v) is 5.15. The van der Waals surface area contributed by atoms with Crippen molar-refractivity contribution < 1.29 is 14.4 Å². The average molecular weight is 394 g/mol. The molecule has 4 rings (SSSR count). The van der Waals surface area contributed by atoms with Crippen molar-refractivity contribution in [1.29, 1.82) is 0 Å². The lowest BCUT2D eigenvalue weighted by molar-refractivity contribution is 0.0936. The molecule has 2 aromatic heterocycles.